The van der Waals surface area contributed by atoms with Gasteiger partial charge in [0.1, 0.15) is 16.5 Å². The number of amides is 1. The third kappa shape index (κ3) is 4.32. The van der Waals surface area contributed by atoms with Crippen LogP contribution < -0.4 is 14.8 Å². The number of fused-ring (bicyclic) bond motifs is 1. The van der Waals surface area contributed by atoms with Gasteiger partial charge in [0.25, 0.3) is 5.91 Å². The highest BCUT2D eigenvalue weighted by Crippen LogP contribution is 2.42. The molecule has 1 N–H and O–H groups in total. The van der Waals surface area contributed by atoms with E-state index in [1.807, 2.05) is 18.2 Å². The van der Waals surface area contributed by atoms with Crippen molar-refractivity contribution < 1.29 is 14.3 Å². The predicted octanol–water partition coefficient (Wildman–Crippen LogP) is 4.92. The van der Waals surface area contributed by atoms with Gasteiger partial charge in [0.15, 0.2) is 0 Å². The molecule has 0 spiro atoms. The van der Waals surface area contributed by atoms with Crippen molar-refractivity contribution in [3.05, 3.63) is 39.8 Å². The maximum Gasteiger partial charge on any atom is 0.254 e. The molecule has 29 heavy (non-hydrogen) atoms. The molecule has 1 fully saturated rings. The van der Waals surface area contributed by atoms with Crippen LogP contribution in [0.1, 0.15) is 59.0 Å². The number of hydrogen-bond acceptors (Lipinski definition) is 5. The number of nitrogens with one attached hydrogen (secondary N) is 1. The summed E-state index contributed by atoms with van der Waals surface area (Å²) >= 11 is 1.67. The van der Waals surface area contributed by atoms with Gasteiger partial charge in [-0.2, -0.15) is 0 Å². The molecule has 1 aromatic heterocycles. The first-order chi connectivity index (χ1) is 14.1. The van der Waals surface area contributed by atoms with Crippen LogP contribution in [0.3, 0.4) is 0 Å². The summed E-state index contributed by atoms with van der Waals surface area (Å²) in [7, 11) is 3.28. The fourth-order valence-electron chi connectivity index (χ4n) is 3.87. The smallest absolute Gasteiger partial charge is 0.254 e. The zero-order valence-electron chi connectivity index (χ0n) is 17.3. The molecule has 1 saturated carbocycles. The summed E-state index contributed by atoms with van der Waals surface area (Å²) in [5, 5.41) is 3.96. The van der Waals surface area contributed by atoms with Gasteiger partial charge in [-0.3, -0.25) is 4.79 Å². The zero-order chi connectivity index (χ0) is 20.4. The number of carbonyl (C=O) groups is 1. The molecular formula is C23H28N2O3S. The number of benzene rings is 1. The van der Waals surface area contributed by atoms with Gasteiger partial charge < -0.3 is 14.8 Å². The fourth-order valence-corrected chi connectivity index (χ4v) is 5.17. The average Bonchev–Trinajstić information content (AvgIpc) is 3.48. The first kappa shape index (κ1) is 20.0. The summed E-state index contributed by atoms with van der Waals surface area (Å²) in [6.07, 6.45) is 8.29. The van der Waals surface area contributed by atoms with Crippen molar-refractivity contribution in [3.63, 3.8) is 0 Å². The Hall–Kier alpha value is -2.34. The fraction of sp³-hybridized carbons (Fsp3) is 0.478. The number of rotatable bonds is 7. The number of thiophene rings is 1. The van der Waals surface area contributed by atoms with Crippen molar-refractivity contribution in [2.75, 3.05) is 14.2 Å². The number of aliphatic imine (C=N–C) groups is 1. The third-order valence-corrected chi connectivity index (χ3v) is 6.99. The molecular weight excluding hydrogens is 384 g/mol. The molecule has 0 saturated heterocycles. The van der Waals surface area contributed by atoms with Crippen LogP contribution in [0.2, 0.25) is 0 Å². The molecule has 1 aromatic carbocycles. The van der Waals surface area contributed by atoms with Gasteiger partial charge in [0, 0.05) is 22.7 Å². The molecule has 0 aliphatic heterocycles. The maximum atomic E-state index is 13.0. The van der Waals surface area contributed by atoms with Gasteiger partial charge in [-0.15, -0.1) is 11.3 Å². The van der Waals surface area contributed by atoms with Crippen LogP contribution in [-0.4, -0.2) is 32.4 Å². The monoisotopic (exact) mass is 412 g/mol. The summed E-state index contributed by atoms with van der Waals surface area (Å²) in [5.74, 6) is 2.21. The van der Waals surface area contributed by atoms with Crippen LogP contribution in [-0.2, 0) is 12.8 Å². The van der Waals surface area contributed by atoms with Crippen LogP contribution >= 0.6 is 11.3 Å². The minimum Gasteiger partial charge on any atom is -0.497 e. The van der Waals surface area contributed by atoms with Gasteiger partial charge in [-0.1, -0.05) is 13.3 Å². The summed E-state index contributed by atoms with van der Waals surface area (Å²) < 4.78 is 10.8. The predicted molar refractivity (Wildman–Crippen MR) is 117 cm³/mol. The summed E-state index contributed by atoms with van der Waals surface area (Å²) in [5.41, 5.74) is 2.82. The lowest BCUT2D eigenvalue weighted by molar-refractivity contribution is 0.0951. The van der Waals surface area contributed by atoms with Crippen LogP contribution in [0.4, 0.5) is 5.00 Å². The Morgan fingerprint density at radius 3 is 2.79 bits per heavy atom. The number of hydrogen-bond donors (Lipinski definition) is 1. The summed E-state index contributed by atoms with van der Waals surface area (Å²) in [4.78, 5) is 19.1. The highest BCUT2D eigenvalue weighted by molar-refractivity contribution is 7.16. The number of ether oxygens (including phenoxy) is 2. The van der Waals surface area contributed by atoms with Crippen LogP contribution in [0, 0.1) is 5.92 Å². The van der Waals surface area contributed by atoms with Crippen molar-refractivity contribution in [1.82, 2.24) is 5.32 Å². The van der Waals surface area contributed by atoms with Gasteiger partial charge >= 0.3 is 0 Å². The molecule has 1 heterocycles. The SMILES string of the molecule is CC[C@H]1CCc2c(sc(N=Cc3cc(OC)ccc3OC)c2C(=O)NC2CC2)C1. The van der Waals surface area contributed by atoms with E-state index in [0.717, 1.165) is 59.7 Å². The number of carbonyl (C=O) groups excluding carboxylic acids is 1. The zero-order valence-corrected chi connectivity index (χ0v) is 18.1. The average molecular weight is 413 g/mol. The Morgan fingerprint density at radius 2 is 2.10 bits per heavy atom. The van der Waals surface area contributed by atoms with E-state index in [4.69, 9.17) is 14.5 Å². The Kier molecular flexibility index (Phi) is 5.90. The summed E-state index contributed by atoms with van der Waals surface area (Å²) in [6.45, 7) is 2.25. The topological polar surface area (TPSA) is 59.9 Å². The Morgan fingerprint density at radius 1 is 1.28 bits per heavy atom. The molecule has 0 radical (unpaired) electrons. The quantitative estimate of drug-likeness (QED) is 0.657. The van der Waals surface area contributed by atoms with Crippen molar-refractivity contribution in [2.45, 2.75) is 51.5 Å². The molecule has 2 aromatic rings. The number of methoxy groups -OCH3 is 2. The van der Waals surface area contributed by atoms with Gasteiger partial charge in [-0.05, 0) is 61.8 Å². The normalized spacial score (nSPS) is 18.5. The van der Waals surface area contributed by atoms with Gasteiger partial charge in [0.2, 0.25) is 0 Å². The van der Waals surface area contributed by atoms with Crippen molar-refractivity contribution in [1.29, 1.82) is 0 Å². The molecule has 0 bridgehead atoms. The molecule has 1 amide bonds. The second-order valence-electron chi connectivity index (χ2n) is 7.81. The first-order valence-corrected chi connectivity index (χ1v) is 11.2. The molecule has 2 aliphatic carbocycles. The molecule has 154 valence electrons. The number of nitrogens with zero attached hydrogens (tertiary/aromatic N) is 1. The van der Waals surface area contributed by atoms with Gasteiger partial charge in [0.05, 0.1) is 19.8 Å². The molecule has 0 unspecified atom stereocenters. The lowest BCUT2D eigenvalue weighted by Gasteiger charge is -2.21. The highest BCUT2D eigenvalue weighted by Gasteiger charge is 2.31. The standard InChI is InChI=1S/C23H28N2O3S/c1-4-14-5-9-18-20(11-14)29-23(21(18)22(26)25-16-6-7-16)24-13-15-12-17(27-2)8-10-19(15)28-3/h8,10,12-14,16H,4-7,9,11H2,1-3H3,(H,25,26)/t14-/m0/s1. The molecule has 5 nitrogen and oxygen atoms in total. The highest BCUT2D eigenvalue weighted by atomic mass is 32.1. The van der Waals surface area contributed by atoms with E-state index >= 15 is 0 Å². The van der Waals surface area contributed by atoms with E-state index in [-0.39, 0.29) is 5.91 Å². The van der Waals surface area contributed by atoms with E-state index in [9.17, 15) is 4.79 Å². The maximum absolute atomic E-state index is 13.0. The van der Waals surface area contributed by atoms with Crippen LogP contribution in [0.15, 0.2) is 23.2 Å². The van der Waals surface area contributed by atoms with E-state index in [1.165, 1.54) is 16.9 Å². The van der Waals surface area contributed by atoms with Crippen LogP contribution in [0.25, 0.3) is 0 Å². The van der Waals surface area contributed by atoms with Crippen molar-refractivity contribution in [2.24, 2.45) is 10.9 Å². The van der Waals surface area contributed by atoms with E-state index in [2.05, 4.69) is 12.2 Å². The Bertz CT molecular complexity index is 930. The second kappa shape index (κ2) is 8.57. The Balaban J connectivity index is 1.70. The second-order valence-corrected chi connectivity index (χ2v) is 8.90. The van der Waals surface area contributed by atoms with E-state index in [1.54, 1.807) is 31.8 Å². The molecule has 6 heteroatoms. The van der Waals surface area contributed by atoms with Gasteiger partial charge in [-0.25, -0.2) is 4.99 Å². The summed E-state index contributed by atoms with van der Waals surface area (Å²) in [6, 6.07) is 5.96. The minimum atomic E-state index is 0.0321. The van der Waals surface area contributed by atoms with E-state index in [0.29, 0.717) is 12.0 Å². The van der Waals surface area contributed by atoms with Crippen LogP contribution in [0.5, 0.6) is 11.5 Å². The van der Waals surface area contributed by atoms with Crippen molar-refractivity contribution >= 4 is 28.5 Å². The lowest BCUT2D eigenvalue weighted by Crippen LogP contribution is -2.26. The molecule has 1 atom stereocenters. The third-order valence-electron chi connectivity index (χ3n) is 5.82. The largest absolute Gasteiger partial charge is 0.497 e. The van der Waals surface area contributed by atoms with Crippen molar-refractivity contribution in [3.8, 4) is 11.5 Å². The lowest BCUT2D eigenvalue weighted by atomic mass is 9.85. The molecule has 4 rings (SSSR count). The minimum absolute atomic E-state index is 0.0321. The van der Waals surface area contributed by atoms with E-state index < -0.39 is 0 Å². The first-order valence-electron chi connectivity index (χ1n) is 10.3. The Labute approximate surface area is 176 Å². The molecule has 2 aliphatic rings.